The van der Waals surface area contributed by atoms with Gasteiger partial charge in [0, 0.05) is 6.54 Å². The van der Waals surface area contributed by atoms with Crippen molar-refractivity contribution < 1.29 is 22.6 Å². The van der Waals surface area contributed by atoms with Gasteiger partial charge in [-0.3, -0.25) is 0 Å². The van der Waals surface area contributed by atoms with E-state index in [-0.39, 0.29) is 0 Å². The molecular formula is C14H20F3NO2. The third kappa shape index (κ3) is 5.02. The number of hydrogen-bond donors (Lipinski definition) is 1. The van der Waals surface area contributed by atoms with E-state index in [1.807, 2.05) is 6.92 Å². The second-order valence-corrected chi connectivity index (χ2v) is 4.39. The summed E-state index contributed by atoms with van der Waals surface area (Å²) in [6.45, 7) is 3.86. The van der Waals surface area contributed by atoms with Crippen molar-refractivity contribution in [1.82, 2.24) is 5.32 Å². The van der Waals surface area contributed by atoms with Crippen molar-refractivity contribution in [1.29, 1.82) is 0 Å². The van der Waals surface area contributed by atoms with Crippen molar-refractivity contribution in [3.05, 3.63) is 29.8 Å². The molecule has 0 aliphatic heterocycles. The maximum Gasteiger partial charge on any atom is 0.414 e. The Morgan fingerprint density at radius 1 is 1.30 bits per heavy atom. The normalized spacial score (nSPS) is 14.9. The third-order valence-electron chi connectivity index (χ3n) is 2.87. The van der Waals surface area contributed by atoms with Crippen molar-refractivity contribution in [3.8, 4) is 5.75 Å². The number of hydrogen-bond acceptors (Lipinski definition) is 3. The van der Waals surface area contributed by atoms with Gasteiger partial charge in [0.25, 0.3) is 0 Å². The van der Waals surface area contributed by atoms with Crippen LogP contribution in [0.4, 0.5) is 13.2 Å². The molecule has 114 valence electrons. The Labute approximate surface area is 117 Å². The lowest BCUT2D eigenvalue weighted by molar-refractivity contribution is -0.227. The maximum atomic E-state index is 12.6. The number of methoxy groups -OCH3 is 1. The average Bonchev–Trinajstić information content (AvgIpc) is 2.42. The predicted molar refractivity (Wildman–Crippen MR) is 70.9 cm³/mol. The van der Waals surface area contributed by atoms with E-state index in [9.17, 15) is 13.2 Å². The van der Waals surface area contributed by atoms with Crippen LogP contribution in [0, 0.1) is 0 Å². The van der Waals surface area contributed by atoms with Gasteiger partial charge in [0.1, 0.15) is 5.75 Å². The molecule has 0 amide bonds. The quantitative estimate of drug-likeness (QED) is 0.836. The Morgan fingerprint density at radius 2 is 2.00 bits per heavy atom. The van der Waals surface area contributed by atoms with E-state index in [4.69, 9.17) is 9.47 Å². The third-order valence-corrected chi connectivity index (χ3v) is 2.87. The fraction of sp³-hybridized carbons (Fsp3) is 0.571. The van der Waals surface area contributed by atoms with E-state index in [0.29, 0.717) is 24.4 Å². The summed E-state index contributed by atoms with van der Waals surface area (Å²) >= 11 is 0. The molecule has 1 aromatic carbocycles. The molecule has 1 aromatic rings. The molecule has 0 saturated carbocycles. The van der Waals surface area contributed by atoms with Crippen LogP contribution in [-0.4, -0.2) is 32.5 Å². The van der Waals surface area contributed by atoms with Crippen molar-refractivity contribution >= 4 is 0 Å². The fourth-order valence-electron chi connectivity index (χ4n) is 1.69. The molecule has 0 fully saturated rings. The van der Waals surface area contributed by atoms with Gasteiger partial charge in [0.2, 0.25) is 0 Å². The van der Waals surface area contributed by atoms with E-state index in [1.54, 1.807) is 24.3 Å². The predicted octanol–water partition coefficient (Wildman–Crippen LogP) is 3.31. The molecule has 20 heavy (non-hydrogen) atoms. The zero-order valence-corrected chi connectivity index (χ0v) is 11.8. The first-order valence-electron chi connectivity index (χ1n) is 6.45. The lowest BCUT2D eigenvalue weighted by Gasteiger charge is -2.25. The highest BCUT2D eigenvalue weighted by molar-refractivity contribution is 5.30. The molecule has 6 heteroatoms. The molecule has 0 aliphatic rings. The first-order valence-corrected chi connectivity index (χ1v) is 6.45. The van der Waals surface area contributed by atoms with Crippen molar-refractivity contribution in [2.45, 2.75) is 32.2 Å². The van der Waals surface area contributed by atoms with Gasteiger partial charge in [0.05, 0.1) is 13.2 Å². The molecular weight excluding hydrogens is 271 g/mol. The average molecular weight is 291 g/mol. The van der Waals surface area contributed by atoms with Gasteiger partial charge in [-0.2, -0.15) is 13.2 Å². The molecule has 0 aliphatic carbocycles. The highest BCUT2D eigenvalue weighted by Crippen LogP contribution is 2.29. The number of halogens is 3. The lowest BCUT2D eigenvalue weighted by Crippen LogP contribution is -2.33. The van der Waals surface area contributed by atoms with E-state index in [0.717, 1.165) is 6.92 Å². The molecule has 1 rings (SSSR count). The van der Waals surface area contributed by atoms with E-state index in [1.165, 1.54) is 7.11 Å². The van der Waals surface area contributed by atoms with Gasteiger partial charge in [0.15, 0.2) is 6.10 Å². The van der Waals surface area contributed by atoms with Crippen LogP contribution >= 0.6 is 0 Å². The molecule has 1 N–H and O–H groups in total. The molecule has 2 unspecified atom stereocenters. The number of benzene rings is 1. The highest BCUT2D eigenvalue weighted by Gasteiger charge is 2.38. The van der Waals surface area contributed by atoms with Gasteiger partial charge in [-0.05, 0) is 31.2 Å². The van der Waals surface area contributed by atoms with Gasteiger partial charge in [-0.1, -0.05) is 19.1 Å². The number of ether oxygens (including phenoxy) is 2. The monoisotopic (exact) mass is 291 g/mol. The summed E-state index contributed by atoms with van der Waals surface area (Å²) in [5, 5.41) is 3.01. The van der Waals surface area contributed by atoms with Crippen LogP contribution in [0.25, 0.3) is 0 Å². The minimum Gasteiger partial charge on any atom is -0.497 e. The van der Waals surface area contributed by atoms with Gasteiger partial charge in [-0.15, -0.1) is 0 Å². The SMILES string of the molecule is CCNCC(OC(C)C(F)(F)F)c1cccc(OC)c1. The first-order chi connectivity index (χ1) is 9.38. The lowest BCUT2D eigenvalue weighted by atomic mass is 10.1. The van der Waals surface area contributed by atoms with E-state index in [2.05, 4.69) is 5.32 Å². The van der Waals surface area contributed by atoms with Crippen molar-refractivity contribution in [2.24, 2.45) is 0 Å². The second-order valence-electron chi connectivity index (χ2n) is 4.39. The number of likely N-dealkylation sites (N-methyl/N-ethyl adjacent to an activating group) is 1. The summed E-state index contributed by atoms with van der Waals surface area (Å²) in [6, 6.07) is 6.88. The summed E-state index contributed by atoms with van der Waals surface area (Å²) in [5.74, 6) is 0.590. The molecule has 0 spiro atoms. The van der Waals surface area contributed by atoms with Gasteiger partial charge in [-0.25, -0.2) is 0 Å². The standard InChI is InChI=1S/C14H20F3NO2/c1-4-18-9-13(20-10(2)14(15,16)17)11-6-5-7-12(8-11)19-3/h5-8,10,13,18H,4,9H2,1-3H3. The Balaban J connectivity index is 2.87. The van der Waals surface area contributed by atoms with Crippen LogP contribution in [0.15, 0.2) is 24.3 Å². The molecule has 0 heterocycles. The summed E-state index contributed by atoms with van der Waals surface area (Å²) < 4.78 is 48.1. The summed E-state index contributed by atoms with van der Waals surface area (Å²) in [4.78, 5) is 0. The molecule has 3 nitrogen and oxygen atoms in total. The van der Waals surface area contributed by atoms with Gasteiger partial charge >= 0.3 is 6.18 Å². The number of alkyl halides is 3. The Morgan fingerprint density at radius 3 is 2.55 bits per heavy atom. The van der Waals surface area contributed by atoms with Crippen molar-refractivity contribution in [2.75, 3.05) is 20.2 Å². The minimum atomic E-state index is -4.37. The van der Waals surface area contributed by atoms with E-state index >= 15 is 0 Å². The van der Waals surface area contributed by atoms with Crippen LogP contribution in [-0.2, 0) is 4.74 Å². The van der Waals surface area contributed by atoms with E-state index < -0.39 is 18.4 Å². The van der Waals surface area contributed by atoms with Crippen LogP contribution in [0.1, 0.15) is 25.5 Å². The number of rotatable bonds is 7. The van der Waals surface area contributed by atoms with Crippen LogP contribution < -0.4 is 10.1 Å². The Hall–Kier alpha value is -1.27. The molecule has 0 bridgehead atoms. The number of nitrogens with one attached hydrogen (secondary N) is 1. The largest absolute Gasteiger partial charge is 0.497 e. The highest BCUT2D eigenvalue weighted by atomic mass is 19.4. The molecule has 0 radical (unpaired) electrons. The Bertz CT molecular complexity index is 410. The second kappa shape index (κ2) is 7.50. The van der Waals surface area contributed by atoms with Crippen LogP contribution in [0.3, 0.4) is 0 Å². The molecule has 0 saturated heterocycles. The van der Waals surface area contributed by atoms with Crippen LogP contribution in [0.2, 0.25) is 0 Å². The Kier molecular flexibility index (Phi) is 6.29. The summed E-state index contributed by atoms with van der Waals surface area (Å²) in [6.07, 6.45) is -6.87. The van der Waals surface area contributed by atoms with Crippen molar-refractivity contribution in [3.63, 3.8) is 0 Å². The maximum absolute atomic E-state index is 12.6. The fourth-order valence-corrected chi connectivity index (χ4v) is 1.69. The smallest absolute Gasteiger partial charge is 0.414 e. The first kappa shape index (κ1) is 16.8. The zero-order chi connectivity index (χ0) is 15.2. The molecule has 2 atom stereocenters. The summed E-state index contributed by atoms with van der Waals surface area (Å²) in [5.41, 5.74) is 0.654. The molecule has 0 aromatic heterocycles. The topological polar surface area (TPSA) is 30.5 Å². The van der Waals surface area contributed by atoms with Crippen LogP contribution in [0.5, 0.6) is 5.75 Å². The summed E-state index contributed by atoms with van der Waals surface area (Å²) in [7, 11) is 1.51. The van der Waals surface area contributed by atoms with Gasteiger partial charge < -0.3 is 14.8 Å². The minimum absolute atomic E-state index is 0.310. The zero-order valence-electron chi connectivity index (χ0n) is 11.8.